The summed E-state index contributed by atoms with van der Waals surface area (Å²) >= 11 is 5.96. The number of aromatic nitrogens is 1. The highest BCUT2D eigenvalue weighted by Gasteiger charge is 2.22. The van der Waals surface area contributed by atoms with Gasteiger partial charge in [0.25, 0.3) is 0 Å². The van der Waals surface area contributed by atoms with Crippen LogP contribution in [0.2, 0.25) is 5.02 Å². The quantitative estimate of drug-likeness (QED) is 0.171. The number of amides is 3. The summed E-state index contributed by atoms with van der Waals surface area (Å²) < 4.78 is 32.6. The third-order valence-corrected chi connectivity index (χ3v) is 6.06. The van der Waals surface area contributed by atoms with Crippen LogP contribution in [-0.2, 0) is 11.3 Å². The molecule has 0 aliphatic carbocycles. The lowest BCUT2D eigenvalue weighted by molar-refractivity contribution is 0.113. The Bertz CT molecular complexity index is 1320. The smallest absolute Gasteiger partial charge is 0.412 e. The minimum atomic E-state index is -0.803. The number of guanidine groups is 1. The van der Waals surface area contributed by atoms with Gasteiger partial charge in [-0.25, -0.2) is 23.4 Å². The molecule has 0 radical (unpaired) electrons. The van der Waals surface area contributed by atoms with Crippen molar-refractivity contribution < 1.29 is 23.1 Å². The fourth-order valence-corrected chi connectivity index (χ4v) is 3.76. The van der Waals surface area contributed by atoms with Crippen LogP contribution in [0.1, 0.15) is 18.4 Å². The van der Waals surface area contributed by atoms with Crippen molar-refractivity contribution in [3.63, 3.8) is 0 Å². The van der Waals surface area contributed by atoms with E-state index in [1.807, 2.05) is 0 Å². The second-order valence-corrected chi connectivity index (χ2v) is 8.75. The van der Waals surface area contributed by atoms with Crippen molar-refractivity contribution in [1.82, 2.24) is 15.2 Å². The Kier molecular flexibility index (Phi) is 9.99. The van der Waals surface area contributed by atoms with E-state index in [-0.39, 0.29) is 30.0 Å². The lowest BCUT2D eigenvalue weighted by atomic mass is 10.1. The molecule has 0 unspecified atom stereocenters. The molecule has 10 nitrogen and oxygen atoms in total. The molecule has 0 saturated heterocycles. The van der Waals surface area contributed by atoms with Gasteiger partial charge in [-0.2, -0.15) is 0 Å². The Morgan fingerprint density at radius 2 is 1.97 bits per heavy atom. The number of carbonyl (C=O) groups is 2. The van der Waals surface area contributed by atoms with Crippen LogP contribution in [-0.4, -0.2) is 54.2 Å². The molecule has 1 heterocycles. The first-order chi connectivity index (χ1) is 18.1. The molecule has 6 N–H and O–H groups in total. The highest BCUT2D eigenvalue weighted by atomic mass is 35.5. The molecule has 202 valence electrons. The predicted molar refractivity (Wildman–Crippen MR) is 142 cm³/mol. The molecule has 0 fully saturated rings. The van der Waals surface area contributed by atoms with Gasteiger partial charge < -0.3 is 26.4 Å². The minimum absolute atomic E-state index is 0.00391. The Morgan fingerprint density at radius 3 is 2.74 bits per heavy atom. The largest absolute Gasteiger partial charge is 0.447 e. The topological polar surface area (TPSA) is 148 Å². The molecule has 3 aromatic rings. The van der Waals surface area contributed by atoms with Gasteiger partial charge in [0.1, 0.15) is 24.1 Å². The summed E-state index contributed by atoms with van der Waals surface area (Å²) in [4.78, 5) is 34.7. The molecule has 3 rings (SSSR count). The normalized spacial score (nSPS) is 11.5. The lowest BCUT2D eigenvalue weighted by Gasteiger charge is -2.28. The number of anilines is 1. The van der Waals surface area contributed by atoms with Gasteiger partial charge in [-0.15, -0.1) is 0 Å². The molecule has 1 atom stereocenters. The number of rotatable bonds is 10. The first kappa shape index (κ1) is 28.4. The SMILES string of the molecule is CN(C(=O)NCc1cccc(F)c1Cl)[C@@H](CCCN=C(N)N)COC(=O)Nc1cc2cc(F)ccc2cn1. The molecule has 13 heteroatoms. The van der Waals surface area contributed by atoms with E-state index in [2.05, 4.69) is 20.6 Å². The van der Waals surface area contributed by atoms with Crippen LogP contribution in [0.5, 0.6) is 0 Å². The fraction of sp³-hybridized carbons (Fsp3) is 0.280. The van der Waals surface area contributed by atoms with Crippen molar-refractivity contribution >= 4 is 46.3 Å². The monoisotopic (exact) mass is 547 g/mol. The third-order valence-electron chi connectivity index (χ3n) is 5.64. The van der Waals surface area contributed by atoms with E-state index in [4.69, 9.17) is 27.8 Å². The molecule has 2 aromatic carbocycles. The van der Waals surface area contributed by atoms with E-state index in [1.165, 1.54) is 48.5 Å². The van der Waals surface area contributed by atoms with Gasteiger partial charge in [-0.1, -0.05) is 23.7 Å². The van der Waals surface area contributed by atoms with Crippen LogP contribution < -0.4 is 22.1 Å². The summed E-state index contributed by atoms with van der Waals surface area (Å²) in [7, 11) is 1.54. The molecule has 0 saturated carbocycles. The number of fused-ring (bicyclic) bond motifs is 1. The molecule has 0 aliphatic rings. The fourth-order valence-electron chi connectivity index (χ4n) is 3.56. The molecule has 0 bridgehead atoms. The van der Waals surface area contributed by atoms with E-state index < -0.39 is 29.8 Å². The first-order valence-corrected chi connectivity index (χ1v) is 12.0. The zero-order chi connectivity index (χ0) is 27.7. The van der Waals surface area contributed by atoms with Crippen LogP contribution in [0.3, 0.4) is 0 Å². The van der Waals surface area contributed by atoms with Crippen LogP contribution in [0.4, 0.5) is 24.2 Å². The number of aliphatic imine (C=N–C) groups is 1. The van der Waals surface area contributed by atoms with E-state index in [0.29, 0.717) is 35.7 Å². The number of likely N-dealkylation sites (N-methyl/N-ethyl adjacent to an activating group) is 1. The summed E-state index contributed by atoms with van der Waals surface area (Å²) in [6.07, 6.45) is 1.60. The summed E-state index contributed by atoms with van der Waals surface area (Å²) in [5.74, 6) is -0.884. The standard InChI is InChI=1S/C25H28ClF2N7O3/c1-35(24(36)33-13-16-4-2-6-20(28)22(16)26)19(5-3-9-31-23(29)30)14-38-25(37)34-21-11-17-10-18(27)8-7-15(17)12-32-21/h2,4,6-8,10-12,19H,3,5,9,13-14H2,1H3,(H,33,36)(H4,29,30,31)(H,32,34,37)/t19-/m0/s1. The molecule has 1 aromatic heterocycles. The van der Waals surface area contributed by atoms with Gasteiger partial charge in [0, 0.05) is 31.7 Å². The maximum Gasteiger partial charge on any atom is 0.412 e. The maximum absolute atomic E-state index is 13.7. The van der Waals surface area contributed by atoms with Crippen LogP contribution in [0.15, 0.2) is 53.7 Å². The second-order valence-electron chi connectivity index (χ2n) is 8.37. The van der Waals surface area contributed by atoms with Crippen molar-refractivity contribution in [3.05, 3.63) is 70.9 Å². The van der Waals surface area contributed by atoms with Crippen LogP contribution >= 0.6 is 11.6 Å². The molecule has 3 amide bonds. The Balaban J connectivity index is 1.61. The zero-order valence-corrected chi connectivity index (χ0v) is 21.3. The average Bonchev–Trinajstić information content (AvgIpc) is 2.88. The van der Waals surface area contributed by atoms with Crippen molar-refractivity contribution in [2.45, 2.75) is 25.4 Å². The molecule has 38 heavy (non-hydrogen) atoms. The van der Waals surface area contributed by atoms with Gasteiger partial charge >= 0.3 is 12.1 Å². The number of hydrogen-bond acceptors (Lipinski definition) is 5. The number of pyridine rings is 1. The first-order valence-electron chi connectivity index (χ1n) is 11.6. The average molecular weight is 548 g/mol. The van der Waals surface area contributed by atoms with Crippen molar-refractivity contribution in [2.75, 3.05) is 25.5 Å². The summed E-state index contributed by atoms with van der Waals surface area (Å²) in [5.41, 5.74) is 11.1. The number of ether oxygens (including phenoxy) is 1. The third kappa shape index (κ3) is 8.17. The number of carbonyl (C=O) groups excluding carboxylic acids is 2. The summed E-state index contributed by atoms with van der Waals surface area (Å²) in [6.45, 7) is 0.160. The second kappa shape index (κ2) is 13.4. The zero-order valence-electron chi connectivity index (χ0n) is 20.6. The van der Waals surface area contributed by atoms with Crippen LogP contribution in [0, 0.1) is 11.6 Å². The molecular weight excluding hydrogens is 520 g/mol. The maximum atomic E-state index is 13.7. The van der Waals surface area contributed by atoms with E-state index in [9.17, 15) is 18.4 Å². The summed E-state index contributed by atoms with van der Waals surface area (Å²) in [6, 6.07) is 9.02. The molecular formula is C25H28ClF2N7O3. The Morgan fingerprint density at radius 1 is 1.18 bits per heavy atom. The summed E-state index contributed by atoms with van der Waals surface area (Å²) in [5, 5.41) is 6.37. The van der Waals surface area contributed by atoms with Gasteiger partial charge in [-0.05, 0) is 54.1 Å². The minimum Gasteiger partial charge on any atom is -0.447 e. The van der Waals surface area contributed by atoms with Gasteiger partial charge in [0.2, 0.25) is 0 Å². The lowest BCUT2D eigenvalue weighted by Crippen LogP contribution is -2.46. The molecule has 0 spiro atoms. The molecule has 0 aliphatic heterocycles. The number of hydrogen-bond donors (Lipinski definition) is 4. The van der Waals surface area contributed by atoms with E-state index in [0.717, 1.165) is 0 Å². The highest BCUT2D eigenvalue weighted by molar-refractivity contribution is 6.31. The number of halogens is 3. The number of benzene rings is 2. The van der Waals surface area contributed by atoms with Crippen molar-refractivity contribution in [1.29, 1.82) is 0 Å². The van der Waals surface area contributed by atoms with E-state index >= 15 is 0 Å². The number of urea groups is 1. The van der Waals surface area contributed by atoms with Crippen molar-refractivity contribution in [2.24, 2.45) is 16.5 Å². The van der Waals surface area contributed by atoms with Crippen LogP contribution in [0.25, 0.3) is 10.8 Å². The van der Waals surface area contributed by atoms with Gasteiger partial charge in [-0.3, -0.25) is 10.3 Å². The number of nitrogens with zero attached hydrogens (tertiary/aromatic N) is 3. The van der Waals surface area contributed by atoms with E-state index in [1.54, 1.807) is 12.1 Å². The Labute approximate surface area is 223 Å². The highest BCUT2D eigenvalue weighted by Crippen LogP contribution is 2.20. The van der Waals surface area contributed by atoms with Crippen molar-refractivity contribution in [3.8, 4) is 0 Å². The Hall–Kier alpha value is -4.19. The number of nitrogens with one attached hydrogen (secondary N) is 2. The predicted octanol–water partition coefficient (Wildman–Crippen LogP) is 3.98. The number of nitrogens with two attached hydrogens (primary N) is 2. The van der Waals surface area contributed by atoms with Gasteiger partial charge in [0.15, 0.2) is 5.96 Å². The van der Waals surface area contributed by atoms with Gasteiger partial charge in [0.05, 0.1) is 11.1 Å².